The quantitative estimate of drug-likeness (QED) is 0.634. The van der Waals surface area contributed by atoms with Crippen LogP contribution in [0.25, 0.3) is 0 Å². The van der Waals surface area contributed by atoms with Gasteiger partial charge < -0.3 is 15.2 Å². The summed E-state index contributed by atoms with van der Waals surface area (Å²) in [5.41, 5.74) is 0. The summed E-state index contributed by atoms with van der Waals surface area (Å²) in [5.74, 6) is 0.669. The second-order valence-electron chi connectivity index (χ2n) is 4.15. The molecular weight excluding hydrogens is 178 g/mol. The van der Waals surface area contributed by atoms with Gasteiger partial charge in [0.05, 0.1) is 6.10 Å². The Morgan fingerprint density at radius 3 is 2.79 bits per heavy atom. The first-order chi connectivity index (χ1) is 6.83. The van der Waals surface area contributed by atoms with Crippen LogP contribution in [0.2, 0.25) is 0 Å². The summed E-state index contributed by atoms with van der Waals surface area (Å²) in [5, 5.41) is 13.0. The van der Waals surface area contributed by atoms with Gasteiger partial charge in [-0.3, -0.25) is 0 Å². The van der Waals surface area contributed by atoms with Gasteiger partial charge in [-0.1, -0.05) is 6.92 Å². The molecule has 1 aliphatic heterocycles. The van der Waals surface area contributed by atoms with Crippen molar-refractivity contribution in [2.45, 2.75) is 38.7 Å². The van der Waals surface area contributed by atoms with Gasteiger partial charge >= 0.3 is 0 Å². The Hall–Kier alpha value is -0.120. The van der Waals surface area contributed by atoms with Gasteiger partial charge in [0.1, 0.15) is 0 Å². The molecule has 0 aliphatic carbocycles. The fraction of sp³-hybridized carbons (Fsp3) is 1.00. The van der Waals surface area contributed by atoms with Crippen LogP contribution < -0.4 is 5.32 Å². The summed E-state index contributed by atoms with van der Waals surface area (Å²) in [4.78, 5) is 0. The van der Waals surface area contributed by atoms with Crippen molar-refractivity contribution in [2.75, 3.05) is 26.3 Å². The molecular formula is C11H23NO2. The van der Waals surface area contributed by atoms with Crippen molar-refractivity contribution in [3.05, 3.63) is 0 Å². The van der Waals surface area contributed by atoms with Crippen molar-refractivity contribution >= 4 is 0 Å². The Morgan fingerprint density at radius 2 is 2.14 bits per heavy atom. The first-order valence-electron chi connectivity index (χ1n) is 5.79. The van der Waals surface area contributed by atoms with Gasteiger partial charge in [0.2, 0.25) is 0 Å². The molecule has 0 aromatic carbocycles. The first kappa shape index (κ1) is 12.0. The molecule has 2 N–H and O–H groups in total. The molecule has 0 spiro atoms. The molecule has 0 saturated carbocycles. The van der Waals surface area contributed by atoms with Crippen LogP contribution in [-0.4, -0.2) is 37.5 Å². The molecule has 1 fully saturated rings. The molecule has 84 valence electrons. The molecule has 0 aromatic rings. The third-order valence-corrected chi connectivity index (χ3v) is 2.75. The van der Waals surface area contributed by atoms with Crippen molar-refractivity contribution in [3.8, 4) is 0 Å². The molecule has 14 heavy (non-hydrogen) atoms. The maximum atomic E-state index is 9.72. The Morgan fingerprint density at radius 1 is 1.43 bits per heavy atom. The highest BCUT2D eigenvalue weighted by atomic mass is 16.5. The molecule has 1 saturated heterocycles. The van der Waals surface area contributed by atoms with Gasteiger partial charge in [0.15, 0.2) is 0 Å². The van der Waals surface area contributed by atoms with Crippen LogP contribution in [-0.2, 0) is 4.74 Å². The first-order valence-corrected chi connectivity index (χ1v) is 5.79. The maximum absolute atomic E-state index is 9.72. The topological polar surface area (TPSA) is 41.5 Å². The van der Waals surface area contributed by atoms with E-state index in [4.69, 9.17) is 4.74 Å². The van der Waals surface area contributed by atoms with Crippen molar-refractivity contribution in [1.29, 1.82) is 0 Å². The third-order valence-electron chi connectivity index (χ3n) is 2.75. The fourth-order valence-corrected chi connectivity index (χ4v) is 1.90. The number of aliphatic hydroxyl groups excluding tert-OH is 1. The van der Waals surface area contributed by atoms with Crippen LogP contribution in [0.4, 0.5) is 0 Å². The number of rotatable bonds is 6. The Labute approximate surface area is 86.8 Å². The van der Waals surface area contributed by atoms with E-state index in [1.165, 1.54) is 0 Å². The summed E-state index contributed by atoms with van der Waals surface area (Å²) in [6.07, 6.45) is 4.12. The summed E-state index contributed by atoms with van der Waals surface area (Å²) >= 11 is 0. The van der Waals surface area contributed by atoms with E-state index in [0.29, 0.717) is 5.92 Å². The summed E-state index contributed by atoms with van der Waals surface area (Å²) < 4.78 is 5.28. The average Bonchev–Trinajstić information content (AvgIpc) is 2.20. The lowest BCUT2D eigenvalue weighted by Crippen LogP contribution is -2.30. The van der Waals surface area contributed by atoms with E-state index < -0.39 is 0 Å². The van der Waals surface area contributed by atoms with E-state index in [0.717, 1.165) is 52.0 Å². The molecule has 1 rings (SSSR count). The van der Waals surface area contributed by atoms with Gasteiger partial charge in [-0.15, -0.1) is 0 Å². The monoisotopic (exact) mass is 201 g/mol. The Bertz CT molecular complexity index is 135. The molecule has 0 amide bonds. The van der Waals surface area contributed by atoms with Gasteiger partial charge in [-0.05, 0) is 38.1 Å². The summed E-state index contributed by atoms with van der Waals surface area (Å²) in [6.45, 7) is 5.63. The summed E-state index contributed by atoms with van der Waals surface area (Å²) in [7, 11) is 0. The second kappa shape index (κ2) is 7.21. The molecule has 1 atom stereocenters. The van der Waals surface area contributed by atoms with Crippen LogP contribution >= 0.6 is 0 Å². The largest absolute Gasteiger partial charge is 0.392 e. The van der Waals surface area contributed by atoms with Crippen LogP contribution in [0.3, 0.4) is 0 Å². The van der Waals surface area contributed by atoms with E-state index in [-0.39, 0.29) is 6.10 Å². The smallest absolute Gasteiger partial charge is 0.0667 e. The zero-order chi connectivity index (χ0) is 10.2. The zero-order valence-electron chi connectivity index (χ0n) is 9.17. The van der Waals surface area contributed by atoms with E-state index in [1.807, 2.05) is 0 Å². The van der Waals surface area contributed by atoms with Gasteiger partial charge in [0, 0.05) is 19.8 Å². The fourth-order valence-electron chi connectivity index (χ4n) is 1.90. The van der Waals surface area contributed by atoms with Crippen molar-refractivity contribution in [1.82, 2.24) is 5.32 Å². The lowest BCUT2D eigenvalue weighted by molar-refractivity contribution is 0.0438. The number of nitrogens with one attached hydrogen (secondary N) is 1. The van der Waals surface area contributed by atoms with E-state index >= 15 is 0 Å². The molecule has 3 heteroatoms. The SMILES string of the molecule is CCCNCC(O)CC1CCOCC1. The van der Waals surface area contributed by atoms with E-state index in [9.17, 15) is 5.11 Å². The van der Waals surface area contributed by atoms with Crippen LogP contribution in [0.1, 0.15) is 32.6 Å². The minimum absolute atomic E-state index is 0.176. The van der Waals surface area contributed by atoms with Gasteiger partial charge in [0.25, 0.3) is 0 Å². The average molecular weight is 201 g/mol. The Kier molecular flexibility index (Phi) is 6.15. The molecule has 1 heterocycles. The number of hydrogen-bond acceptors (Lipinski definition) is 3. The third kappa shape index (κ3) is 4.94. The predicted octanol–water partition coefficient (Wildman–Crippen LogP) is 1.16. The second-order valence-corrected chi connectivity index (χ2v) is 4.15. The number of aliphatic hydroxyl groups is 1. The Balaban J connectivity index is 2.03. The van der Waals surface area contributed by atoms with Crippen LogP contribution in [0, 0.1) is 5.92 Å². The summed E-state index contributed by atoms with van der Waals surface area (Å²) in [6, 6.07) is 0. The van der Waals surface area contributed by atoms with Crippen LogP contribution in [0.5, 0.6) is 0 Å². The lowest BCUT2D eigenvalue weighted by atomic mass is 9.94. The van der Waals surface area contributed by atoms with Crippen molar-refractivity contribution in [2.24, 2.45) is 5.92 Å². The molecule has 3 nitrogen and oxygen atoms in total. The lowest BCUT2D eigenvalue weighted by Gasteiger charge is -2.24. The standard InChI is InChI=1S/C11H23NO2/c1-2-5-12-9-11(13)8-10-3-6-14-7-4-10/h10-13H,2-9H2,1H3. The molecule has 1 unspecified atom stereocenters. The highest BCUT2D eigenvalue weighted by Gasteiger charge is 2.17. The predicted molar refractivity (Wildman–Crippen MR) is 57.3 cm³/mol. The van der Waals surface area contributed by atoms with E-state index in [1.54, 1.807) is 0 Å². The van der Waals surface area contributed by atoms with Crippen molar-refractivity contribution < 1.29 is 9.84 Å². The van der Waals surface area contributed by atoms with Crippen LogP contribution in [0.15, 0.2) is 0 Å². The molecule has 0 aromatic heterocycles. The minimum atomic E-state index is -0.176. The zero-order valence-corrected chi connectivity index (χ0v) is 9.17. The number of hydrogen-bond donors (Lipinski definition) is 2. The van der Waals surface area contributed by atoms with E-state index in [2.05, 4.69) is 12.2 Å². The highest BCUT2D eigenvalue weighted by Crippen LogP contribution is 2.19. The molecule has 0 bridgehead atoms. The molecule has 0 radical (unpaired) electrons. The highest BCUT2D eigenvalue weighted by molar-refractivity contribution is 4.69. The van der Waals surface area contributed by atoms with Crippen molar-refractivity contribution in [3.63, 3.8) is 0 Å². The normalized spacial score (nSPS) is 21.0. The number of ether oxygens (including phenoxy) is 1. The van der Waals surface area contributed by atoms with Gasteiger partial charge in [-0.2, -0.15) is 0 Å². The van der Waals surface area contributed by atoms with Gasteiger partial charge in [-0.25, -0.2) is 0 Å². The minimum Gasteiger partial charge on any atom is -0.392 e. The maximum Gasteiger partial charge on any atom is 0.0667 e. The molecule has 1 aliphatic rings.